The molecule has 0 saturated carbocycles. The van der Waals surface area contributed by atoms with Gasteiger partial charge in [-0.2, -0.15) is 10.4 Å². The zero-order valence-corrected chi connectivity index (χ0v) is 19.1. The van der Waals surface area contributed by atoms with E-state index in [0.717, 1.165) is 22.4 Å². The third-order valence-corrected chi connectivity index (χ3v) is 5.61. The molecule has 0 aliphatic heterocycles. The van der Waals surface area contributed by atoms with E-state index in [1.807, 2.05) is 73.8 Å². The lowest BCUT2D eigenvalue weighted by molar-refractivity contribution is -0.118. The molecular weight excluding hydrogens is 424 g/mol. The van der Waals surface area contributed by atoms with Crippen molar-refractivity contribution in [1.29, 1.82) is 5.26 Å². The number of rotatable bonds is 8. The summed E-state index contributed by atoms with van der Waals surface area (Å²) in [4.78, 5) is 17.6. The first-order valence-electron chi connectivity index (χ1n) is 11.1. The van der Waals surface area contributed by atoms with Gasteiger partial charge in [-0.25, -0.2) is 9.67 Å². The van der Waals surface area contributed by atoms with Gasteiger partial charge in [0.1, 0.15) is 11.9 Å². The van der Waals surface area contributed by atoms with E-state index in [0.29, 0.717) is 17.9 Å². The molecule has 7 nitrogen and oxygen atoms in total. The van der Waals surface area contributed by atoms with E-state index >= 15 is 0 Å². The molecule has 0 unspecified atom stereocenters. The molecule has 4 rings (SSSR count). The molecule has 2 aromatic carbocycles. The van der Waals surface area contributed by atoms with Crippen molar-refractivity contribution in [3.8, 4) is 11.8 Å². The summed E-state index contributed by atoms with van der Waals surface area (Å²) in [5.74, 6) is 0.440. The van der Waals surface area contributed by atoms with E-state index in [4.69, 9.17) is 5.26 Å². The molecule has 0 fully saturated rings. The Balaban J connectivity index is 1.46. The average molecular weight is 451 g/mol. The Bertz CT molecular complexity index is 1270. The highest BCUT2D eigenvalue weighted by atomic mass is 16.2. The Kier molecular flexibility index (Phi) is 7.11. The first-order chi connectivity index (χ1) is 16.5. The van der Waals surface area contributed by atoms with Crippen molar-refractivity contribution in [3.05, 3.63) is 108 Å². The second kappa shape index (κ2) is 10.6. The van der Waals surface area contributed by atoms with Gasteiger partial charge < -0.3 is 10.6 Å². The number of anilines is 1. The summed E-state index contributed by atoms with van der Waals surface area (Å²) in [5, 5.41) is 19.6. The van der Waals surface area contributed by atoms with Gasteiger partial charge in [-0.1, -0.05) is 49.4 Å². The number of nitrogens with one attached hydrogen (secondary N) is 2. The van der Waals surface area contributed by atoms with Crippen LogP contribution in [0.5, 0.6) is 0 Å². The zero-order chi connectivity index (χ0) is 23.9. The van der Waals surface area contributed by atoms with Crippen LogP contribution in [0.25, 0.3) is 5.69 Å². The van der Waals surface area contributed by atoms with Gasteiger partial charge in [-0.05, 0) is 53.8 Å². The fourth-order valence-corrected chi connectivity index (χ4v) is 3.65. The molecule has 0 bridgehead atoms. The highest BCUT2D eigenvalue weighted by Gasteiger charge is 2.21. The van der Waals surface area contributed by atoms with Gasteiger partial charge in [0.15, 0.2) is 0 Å². The smallest absolute Gasteiger partial charge is 0.247 e. The summed E-state index contributed by atoms with van der Waals surface area (Å²) in [6.45, 7) is 4.65. The number of pyridine rings is 1. The lowest BCUT2D eigenvalue weighted by Gasteiger charge is -2.21. The maximum absolute atomic E-state index is 13.2. The van der Waals surface area contributed by atoms with Crippen LogP contribution < -0.4 is 10.6 Å². The van der Waals surface area contributed by atoms with E-state index < -0.39 is 6.04 Å². The lowest BCUT2D eigenvalue weighted by Crippen LogP contribution is -2.35. The zero-order valence-electron chi connectivity index (χ0n) is 19.1. The molecule has 0 aliphatic carbocycles. The predicted molar refractivity (Wildman–Crippen MR) is 131 cm³/mol. The molecular formula is C27H26N6O. The van der Waals surface area contributed by atoms with Crippen molar-refractivity contribution in [3.63, 3.8) is 0 Å². The van der Waals surface area contributed by atoms with E-state index in [-0.39, 0.29) is 11.8 Å². The van der Waals surface area contributed by atoms with Crippen molar-refractivity contribution in [2.24, 2.45) is 0 Å². The molecule has 0 saturated heterocycles. The van der Waals surface area contributed by atoms with Gasteiger partial charge >= 0.3 is 0 Å². The van der Waals surface area contributed by atoms with E-state index in [1.54, 1.807) is 23.1 Å². The Morgan fingerprint density at radius 2 is 1.79 bits per heavy atom. The molecule has 0 spiro atoms. The maximum Gasteiger partial charge on any atom is 0.247 e. The molecule has 4 aromatic rings. The van der Waals surface area contributed by atoms with Crippen molar-refractivity contribution in [2.75, 3.05) is 11.9 Å². The van der Waals surface area contributed by atoms with Crippen LogP contribution in [0.1, 0.15) is 41.1 Å². The number of carbonyl (C=O) groups is 1. The number of amides is 1. The SMILES string of the molecule is Cc1cnn(-c2ccc(NC(=O)[C@@H](NC[C@@H](C)c3ccc(C#N)cc3)c3ccccc3)nc2)c1. The third kappa shape index (κ3) is 5.55. The highest BCUT2D eigenvalue weighted by Crippen LogP contribution is 2.20. The van der Waals surface area contributed by atoms with Crippen LogP contribution >= 0.6 is 0 Å². The first kappa shape index (κ1) is 22.9. The lowest BCUT2D eigenvalue weighted by atomic mass is 9.98. The summed E-state index contributed by atoms with van der Waals surface area (Å²) in [6, 6.07) is 22.4. The van der Waals surface area contributed by atoms with Crippen molar-refractivity contribution in [1.82, 2.24) is 20.1 Å². The maximum atomic E-state index is 13.2. The van der Waals surface area contributed by atoms with Gasteiger partial charge in [0.05, 0.1) is 29.7 Å². The largest absolute Gasteiger partial charge is 0.309 e. The molecule has 7 heteroatoms. The monoisotopic (exact) mass is 450 g/mol. The van der Waals surface area contributed by atoms with Crippen LogP contribution in [0.4, 0.5) is 5.82 Å². The third-order valence-electron chi connectivity index (χ3n) is 5.61. The van der Waals surface area contributed by atoms with Crippen molar-refractivity contribution >= 4 is 11.7 Å². The minimum Gasteiger partial charge on any atom is -0.309 e. The Hall–Kier alpha value is -4.28. The van der Waals surface area contributed by atoms with Crippen LogP contribution in [0.15, 0.2) is 85.3 Å². The molecule has 0 radical (unpaired) electrons. The van der Waals surface area contributed by atoms with E-state index in [2.05, 4.69) is 33.7 Å². The number of hydrogen-bond donors (Lipinski definition) is 2. The Labute approximate surface area is 199 Å². The summed E-state index contributed by atoms with van der Waals surface area (Å²) >= 11 is 0. The molecule has 2 heterocycles. The quantitative estimate of drug-likeness (QED) is 0.411. The van der Waals surface area contributed by atoms with Gasteiger partial charge in [-0.3, -0.25) is 4.79 Å². The normalized spacial score (nSPS) is 12.5. The molecule has 2 atom stereocenters. The van der Waals surface area contributed by atoms with E-state index in [1.165, 1.54) is 0 Å². The fourth-order valence-electron chi connectivity index (χ4n) is 3.65. The van der Waals surface area contributed by atoms with Crippen LogP contribution in [0.2, 0.25) is 0 Å². The molecule has 0 aliphatic rings. The second-order valence-corrected chi connectivity index (χ2v) is 8.24. The predicted octanol–water partition coefficient (Wildman–Crippen LogP) is 4.52. The highest BCUT2D eigenvalue weighted by molar-refractivity contribution is 5.94. The second-order valence-electron chi connectivity index (χ2n) is 8.24. The Morgan fingerprint density at radius 1 is 1.03 bits per heavy atom. The number of nitriles is 1. The minimum atomic E-state index is -0.544. The van der Waals surface area contributed by atoms with E-state index in [9.17, 15) is 4.79 Å². The van der Waals surface area contributed by atoms with Gasteiger partial charge in [-0.15, -0.1) is 0 Å². The van der Waals surface area contributed by atoms with Crippen molar-refractivity contribution in [2.45, 2.75) is 25.8 Å². The van der Waals surface area contributed by atoms with Gasteiger partial charge in [0.25, 0.3) is 0 Å². The molecule has 170 valence electrons. The fraction of sp³-hybridized carbons (Fsp3) is 0.185. The number of carbonyl (C=O) groups excluding carboxylic acids is 1. The number of nitrogens with zero attached hydrogens (tertiary/aromatic N) is 4. The number of aromatic nitrogens is 3. The number of hydrogen-bond acceptors (Lipinski definition) is 5. The van der Waals surface area contributed by atoms with Gasteiger partial charge in [0.2, 0.25) is 5.91 Å². The van der Waals surface area contributed by atoms with Crippen LogP contribution in [-0.4, -0.2) is 27.2 Å². The summed E-state index contributed by atoms with van der Waals surface area (Å²) in [6.07, 6.45) is 5.38. The van der Waals surface area contributed by atoms with Crippen molar-refractivity contribution < 1.29 is 4.79 Å². The van der Waals surface area contributed by atoms with Crippen LogP contribution in [0, 0.1) is 18.3 Å². The molecule has 2 N–H and O–H groups in total. The molecule has 34 heavy (non-hydrogen) atoms. The van der Waals surface area contributed by atoms with Gasteiger partial charge in [0, 0.05) is 12.7 Å². The van der Waals surface area contributed by atoms with Crippen LogP contribution in [0.3, 0.4) is 0 Å². The standard InChI is InChI=1S/C27H26N6O/c1-19-15-31-33(18-19)24-12-13-25(29-17-24)32-27(34)26(23-6-4-3-5-7-23)30-16-20(2)22-10-8-21(14-28)9-11-22/h3-13,15,17-18,20,26,30H,16H2,1-2H3,(H,29,32,34)/t20-,26+/m1/s1. The van der Waals surface area contributed by atoms with Crippen LogP contribution in [-0.2, 0) is 4.79 Å². The molecule has 2 aromatic heterocycles. The minimum absolute atomic E-state index is 0.154. The first-order valence-corrected chi connectivity index (χ1v) is 11.1. The Morgan fingerprint density at radius 3 is 2.41 bits per heavy atom. The summed E-state index contributed by atoms with van der Waals surface area (Å²) in [5.41, 5.74) is 4.48. The topological polar surface area (TPSA) is 95.6 Å². The number of aryl methyl sites for hydroxylation is 1. The molecule has 1 amide bonds. The summed E-state index contributed by atoms with van der Waals surface area (Å²) in [7, 11) is 0. The summed E-state index contributed by atoms with van der Waals surface area (Å²) < 4.78 is 1.74. The average Bonchev–Trinajstić information content (AvgIpc) is 3.31. The number of benzene rings is 2.